The van der Waals surface area contributed by atoms with Crippen LogP contribution in [0.2, 0.25) is 10.0 Å². The Bertz CT molecular complexity index is 798. The van der Waals surface area contributed by atoms with Crippen LogP contribution in [0.3, 0.4) is 0 Å². The monoisotopic (exact) mass is 388 g/mol. The molecule has 0 spiro atoms. The van der Waals surface area contributed by atoms with E-state index in [9.17, 15) is 4.79 Å². The fourth-order valence-electron chi connectivity index (χ4n) is 4.00. The molecule has 0 amide bonds. The molecule has 0 N–H and O–H groups in total. The van der Waals surface area contributed by atoms with Crippen LogP contribution in [0.25, 0.3) is 0 Å². The summed E-state index contributed by atoms with van der Waals surface area (Å²) in [4.78, 5) is 17.4. The highest BCUT2D eigenvalue weighted by molar-refractivity contribution is 6.31. The van der Waals surface area contributed by atoms with Crippen molar-refractivity contribution in [3.8, 4) is 0 Å². The molecule has 1 saturated heterocycles. The van der Waals surface area contributed by atoms with Crippen molar-refractivity contribution >= 4 is 34.7 Å². The van der Waals surface area contributed by atoms with E-state index in [1.807, 2.05) is 30.3 Å². The van der Waals surface area contributed by atoms with Crippen molar-refractivity contribution in [2.75, 3.05) is 37.6 Å². The average molecular weight is 389 g/mol. The molecule has 3 nitrogen and oxygen atoms in total. The first-order chi connectivity index (χ1) is 12.6. The van der Waals surface area contributed by atoms with Crippen LogP contribution < -0.4 is 4.90 Å². The molecule has 2 aromatic carbocycles. The number of fused-ring (bicyclic) bond motifs is 1. The van der Waals surface area contributed by atoms with Gasteiger partial charge < -0.3 is 4.90 Å². The summed E-state index contributed by atoms with van der Waals surface area (Å²) in [5.41, 5.74) is 3.21. The fraction of sp³-hybridized carbons (Fsp3) is 0.381. The lowest BCUT2D eigenvalue weighted by molar-refractivity contribution is 0.0920. The lowest BCUT2D eigenvalue weighted by Gasteiger charge is -2.36. The van der Waals surface area contributed by atoms with E-state index in [2.05, 4.69) is 21.9 Å². The Hall–Kier alpha value is -1.55. The Labute approximate surface area is 164 Å². The summed E-state index contributed by atoms with van der Waals surface area (Å²) in [6.45, 7) is 5.06. The maximum Gasteiger partial charge on any atom is 0.166 e. The van der Waals surface area contributed by atoms with E-state index in [0.717, 1.165) is 66.7 Å². The lowest BCUT2D eigenvalue weighted by Crippen LogP contribution is -2.47. The van der Waals surface area contributed by atoms with E-state index in [1.54, 1.807) is 0 Å². The molecule has 2 aliphatic rings. The highest BCUT2D eigenvalue weighted by atomic mass is 35.5. The largest absolute Gasteiger partial charge is 0.369 e. The van der Waals surface area contributed by atoms with Crippen LogP contribution in [0.1, 0.15) is 22.3 Å². The average Bonchev–Trinajstić information content (AvgIpc) is 2.96. The summed E-state index contributed by atoms with van der Waals surface area (Å²) in [5.74, 6) is 0.397. The number of nitrogens with zero attached hydrogens (tertiary/aromatic N) is 2. The van der Waals surface area contributed by atoms with Gasteiger partial charge in [-0.05, 0) is 67.4 Å². The minimum Gasteiger partial charge on any atom is -0.369 e. The van der Waals surface area contributed by atoms with Gasteiger partial charge in [-0.2, -0.15) is 0 Å². The molecule has 4 rings (SSSR count). The van der Waals surface area contributed by atoms with Gasteiger partial charge in [0.1, 0.15) is 0 Å². The first kappa shape index (κ1) is 17.8. The Morgan fingerprint density at radius 2 is 1.62 bits per heavy atom. The van der Waals surface area contributed by atoms with Gasteiger partial charge in [0.05, 0.1) is 0 Å². The third-order valence-corrected chi connectivity index (χ3v) is 6.01. The highest BCUT2D eigenvalue weighted by Gasteiger charge is 2.30. The van der Waals surface area contributed by atoms with Gasteiger partial charge in [-0.25, -0.2) is 0 Å². The van der Waals surface area contributed by atoms with E-state index in [-0.39, 0.29) is 11.7 Å². The maximum absolute atomic E-state index is 12.6. The molecule has 136 valence electrons. The number of hydrogen-bond donors (Lipinski definition) is 0. The molecule has 1 heterocycles. The predicted molar refractivity (Wildman–Crippen MR) is 108 cm³/mol. The number of rotatable bonds is 4. The quantitative estimate of drug-likeness (QED) is 0.766. The van der Waals surface area contributed by atoms with Crippen LogP contribution >= 0.6 is 23.2 Å². The SMILES string of the molecule is O=C1c2ccc(Cl)cc2CC1CCN1CCN(c2ccc(Cl)cc2)CC1. The zero-order chi connectivity index (χ0) is 18.1. The number of halogens is 2. The molecule has 5 heteroatoms. The van der Waals surface area contributed by atoms with Crippen molar-refractivity contribution in [2.45, 2.75) is 12.8 Å². The summed E-state index contributed by atoms with van der Waals surface area (Å²) >= 11 is 12.0. The van der Waals surface area contributed by atoms with Crippen LogP contribution in [0.4, 0.5) is 5.69 Å². The summed E-state index contributed by atoms with van der Waals surface area (Å²) in [5, 5.41) is 1.49. The zero-order valence-corrected chi connectivity index (χ0v) is 16.1. The smallest absolute Gasteiger partial charge is 0.166 e. The molecule has 0 radical (unpaired) electrons. The van der Waals surface area contributed by atoms with Crippen molar-refractivity contribution in [3.63, 3.8) is 0 Å². The van der Waals surface area contributed by atoms with Crippen LogP contribution in [-0.4, -0.2) is 43.4 Å². The van der Waals surface area contributed by atoms with Crippen LogP contribution in [-0.2, 0) is 6.42 Å². The van der Waals surface area contributed by atoms with Gasteiger partial charge in [-0.1, -0.05) is 23.2 Å². The number of anilines is 1. The summed E-state index contributed by atoms with van der Waals surface area (Å²) < 4.78 is 0. The standard InChI is InChI=1S/C21H22Cl2N2O/c22-17-1-4-19(5-2-17)25-11-9-24(10-12-25)8-7-15-13-16-14-18(23)3-6-20(16)21(15)26/h1-6,14-15H,7-13H2. The van der Waals surface area contributed by atoms with Gasteiger partial charge >= 0.3 is 0 Å². The number of benzene rings is 2. The van der Waals surface area contributed by atoms with E-state index in [1.165, 1.54) is 5.69 Å². The minimum absolute atomic E-state index is 0.109. The van der Waals surface area contributed by atoms with Crippen LogP contribution in [0.15, 0.2) is 42.5 Å². The Kier molecular flexibility index (Phi) is 5.21. The number of piperazine rings is 1. The second-order valence-corrected chi connectivity index (χ2v) is 8.03. The minimum atomic E-state index is 0.109. The Balaban J connectivity index is 1.28. The zero-order valence-electron chi connectivity index (χ0n) is 14.6. The normalized spacial score (nSPS) is 20.5. The topological polar surface area (TPSA) is 23.6 Å². The number of carbonyl (C=O) groups is 1. The maximum atomic E-state index is 12.6. The molecule has 0 aromatic heterocycles. The second kappa shape index (κ2) is 7.59. The van der Waals surface area contributed by atoms with Crippen LogP contribution in [0, 0.1) is 5.92 Å². The van der Waals surface area contributed by atoms with Gasteiger partial charge in [-0.3, -0.25) is 9.69 Å². The number of Topliss-reactive ketones (excluding diaryl/α,β-unsaturated/α-hetero) is 1. The van der Waals surface area contributed by atoms with Crippen molar-refractivity contribution in [2.24, 2.45) is 5.92 Å². The van der Waals surface area contributed by atoms with E-state index in [4.69, 9.17) is 23.2 Å². The second-order valence-electron chi connectivity index (χ2n) is 7.16. The summed E-state index contributed by atoms with van der Waals surface area (Å²) in [6, 6.07) is 13.7. The number of hydrogen-bond acceptors (Lipinski definition) is 3. The van der Waals surface area contributed by atoms with Gasteiger partial charge in [0.2, 0.25) is 0 Å². The molecule has 1 unspecified atom stereocenters. The number of ketones is 1. The Morgan fingerprint density at radius 3 is 2.35 bits per heavy atom. The van der Waals surface area contributed by atoms with Crippen molar-refractivity contribution in [1.29, 1.82) is 0 Å². The van der Waals surface area contributed by atoms with Crippen LogP contribution in [0.5, 0.6) is 0 Å². The van der Waals surface area contributed by atoms with E-state index < -0.39 is 0 Å². The first-order valence-corrected chi connectivity index (χ1v) is 9.91. The molecule has 2 aromatic rings. The Morgan fingerprint density at radius 1 is 0.923 bits per heavy atom. The van der Waals surface area contributed by atoms with Gasteiger partial charge in [-0.15, -0.1) is 0 Å². The third-order valence-electron chi connectivity index (χ3n) is 5.53. The van der Waals surface area contributed by atoms with Crippen molar-refractivity contribution in [3.05, 3.63) is 63.6 Å². The van der Waals surface area contributed by atoms with Gasteiger partial charge in [0.15, 0.2) is 5.78 Å². The van der Waals surface area contributed by atoms with Gasteiger partial charge in [0.25, 0.3) is 0 Å². The molecule has 0 bridgehead atoms. The molecular weight excluding hydrogens is 367 g/mol. The third kappa shape index (κ3) is 3.75. The van der Waals surface area contributed by atoms with E-state index in [0.29, 0.717) is 0 Å². The fourth-order valence-corrected chi connectivity index (χ4v) is 4.32. The summed E-state index contributed by atoms with van der Waals surface area (Å²) in [7, 11) is 0. The van der Waals surface area contributed by atoms with Crippen molar-refractivity contribution in [1.82, 2.24) is 4.90 Å². The van der Waals surface area contributed by atoms with Gasteiger partial charge in [0, 0.05) is 53.4 Å². The molecular formula is C21H22Cl2N2O. The van der Waals surface area contributed by atoms with E-state index >= 15 is 0 Å². The lowest BCUT2D eigenvalue weighted by atomic mass is 10.0. The molecule has 1 atom stereocenters. The highest BCUT2D eigenvalue weighted by Crippen LogP contribution is 2.31. The molecule has 0 saturated carbocycles. The van der Waals surface area contributed by atoms with Crippen molar-refractivity contribution < 1.29 is 4.79 Å². The summed E-state index contributed by atoms with van der Waals surface area (Å²) in [6.07, 6.45) is 1.76. The number of carbonyl (C=O) groups excluding carboxylic acids is 1. The molecule has 26 heavy (non-hydrogen) atoms. The first-order valence-electron chi connectivity index (χ1n) is 9.15. The molecule has 1 fully saturated rings. The molecule has 1 aliphatic carbocycles. The predicted octanol–water partition coefficient (Wildman–Crippen LogP) is 4.56. The molecule has 1 aliphatic heterocycles.